The van der Waals surface area contributed by atoms with Gasteiger partial charge < -0.3 is 5.32 Å². The van der Waals surface area contributed by atoms with Crippen molar-refractivity contribution in [3.05, 3.63) is 83.6 Å². The topological polar surface area (TPSA) is 72.0 Å². The lowest BCUT2D eigenvalue weighted by molar-refractivity contribution is 0.0946. The molecule has 2 aromatic heterocycles. The fraction of sp³-hybridized carbons (Fsp3) is 0.0526. The highest BCUT2D eigenvalue weighted by Crippen LogP contribution is 2.17. The lowest BCUT2D eigenvalue weighted by atomic mass is 10.1. The summed E-state index contributed by atoms with van der Waals surface area (Å²) in [6, 6.07) is 14.4. The molecule has 1 aromatic carbocycles. The van der Waals surface area contributed by atoms with Crippen LogP contribution in [0.15, 0.2) is 60.8 Å². The Morgan fingerprint density at radius 2 is 1.96 bits per heavy atom. The fourth-order valence-corrected chi connectivity index (χ4v) is 2.26. The average Bonchev–Trinajstić information content (AvgIpc) is 2.66. The lowest BCUT2D eigenvalue weighted by Crippen LogP contribution is -2.24. The highest BCUT2D eigenvalue weighted by Gasteiger charge is 2.08. The maximum Gasteiger partial charge on any atom is 0.270 e. The van der Waals surface area contributed by atoms with Gasteiger partial charge in [-0.05, 0) is 35.9 Å². The highest BCUT2D eigenvalue weighted by molar-refractivity contribution is 5.92. The van der Waals surface area contributed by atoms with Gasteiger partial charge in [0, 0.05) is 18.3 Å². The number of halogens is 1. The second kappa shape index (κ2) is 7.44. The van der Waals surface area contributed by atoms with Crippen LogP contribution in [-0.4, -0.2) is 22.2 Å². The Morgan fingerprint density at radius 1 is 1.12 bits per heavy atom. The van der Waals surface area contributed by atoms with Crippen molar-refractivity contribution in [2.24, 2.45) is 0 Å². The summed E-state index contributed by atoms with van der Waals surface area (Å²) in [6.07, 6.45) is 2.21. The third kappa shape index (κ3) is 4.11. The number of benzene rings is 1. The first-order valence-corrected chi connectivity index (χ1v) is 7.57. The summed E-state index contributed by atoms with van der Waals surface area (Å²) < 4.78 is 13.3. The number of pyridine rings is 2. The van der Waals surface area contributed by atoms with Gasteiger partial charge in [0.1, 0.15) is 17.2 Å². The van der Waals surface area contributed by atoms with Gasteiger partial charge in [-0.25, -0.2) is 9.37 Å². The van der Waals surface area contributed by atoms with Crippen LogP contribution in [0.4, 0.5) is 4.39 Å². The Kier molecular flexibility index (Phi) is 4.89. The Morgan fingerprint density at radius 3 is 2.68 bits per heavy atom. The Labute approximate surface area is 143 Å². The van der Waals surface area contributed by atoms with E-state index in [-0.39, 0.29) is 29.7 Å². The SMILES string of the molecule is O=Cc1cccc(C(=O)NCc2ccc(-c3cccc(F)c3)nc2)n1. The van der Waals surface area contributed by atoms with E-state index in [4.69, 9.17) is 0 Å². The van der Waals surface area contributed by atoms with Crippen LogP contribution in [0.1, 0.15) is 26.5 Å². The van der Waals surface area contributed by atoms with Crippen molar-refractivity contribution in [2.75, 3.05) is 0 Å². The lowest BCUT2D eigenvalue weighted by Gasteiger charge is -2.06. The Bertz CT molecular complexity index is 911. The summed E-state index contributed by atoms with van der Waals surface area (Å²) >= 11 is 0. The molecule has 0 aliphatic heterocycles. The molecule has 5 nitrogen and oxygen atoms in total. The predicted molar refractivity (Wildman–Crippen MR) is 90.4 cm³/mol. The number of hydrogen-bond donors (Lipinski definition) is 1. The Balaban J connectivity index is 1.65. The zero-order valence-corrected chi connectivity index (χ0v) is 13.1. The van der Waals surface area contributed by atoms with Crippen LogP contribution in [0, 0.1) is 5.82 Å². The van der Waals surface area contributed by atoms with Crippen molar-refractivity contribution in [1.82, 2.24) is 15.3 Å². The van der Waals surface area contributed by atoms with E-state index in [1.807, 2.05) is 6.07 Å². The average molecular weight is 335 g/mol. The van der Waals surface area contributed by atoms with E-state index in [0.29, 0.717) is 17.5 Å². The van der Waals surface area contributed by atoms with E-state index in [1.165, 1.54) is 24.3 Å². The van der Waals surface area contributed by atoms with E-state index < -0.39 is 0 Å². The summed E-state index contributed by atoms with van der Waals surface area (Å²) in [5.41, 5.74) is 2.50. The van der Waals surface area contributed by atoms with Crippen LogP contribution in [0.2, 0.25) is 0 Å². The molecule has 0 spiro atoms. The molecule has 0 radical (unpaired) electrons. The van der Waals surface area contributed by atoms with Crippen molar-refractivity contribution in [3.8, 4) is 11.3 Å². The maximum absolute atomic E-state index is 13.3. The zero-order chi connectivity index (χ0) is 17.6. The largest absolute Gasteiger partial charge is 0.347 e. The normalized spacial score (nSPS) is 10.3. The van der Waals surface area contributed by atoms with Crippen LogP contribution in [0.5, 0.6) is 0 Å². The van der Waals surface area contributed by atoms with Crippen LogP contribution in [-0.2, 0) is 6.54 Å². The second-order valence-electron chi connectivity index (χ2n) is 5.31. The molecule has 25 heavy (non-hydrogen) atoms. The number of rotatable bonds is 5. The first-order valence-electron chi connectivity index (χ1n) is 7.57. The molecule has 1 N–H and O–H groups in total. The minimum absolute atomic E-state index is 0.175. The van der Waals surface area contributed by atoms with Gasteiger partial charge in [-0.3, -0.25) is 14.6 Å². The molecule has 0 aliphatic rings. The first-order chi connectivity index (χ1) is 12.2. The molecule has 124 valence electrons. The van der Waals surface area contributed by atoms with E-state index in [2.05, 4.69) is 15.3 Å². The van der Waals surface area contributed by atoms with Crippen molar-refractivity contribution in [1.29, 1.82) is 0 Å². The molecule has 0 fully saturated rings. The van der Waals surface area contributed by atoms with E-state index in [9.17, 15) is 14.0 Å². The van der Waals surface area contributed by atoms with Gasteiger partial charge in [-0.15, -0.1) is 0 Å². The first kappa shape index (κ1) is 16.4. The molecule has 0 aliphatic carbocycles. The molecular weight excluding hydrogens is 321 g/mol. The third-order valence-corrected chi connectivity index (χ3v) is 3.52. The molecule has 1 amide bonds. The van der Waals surface area contributed by atoms with Crippen LogP contribution >= 0.6 is 0 Å². The number of nitrogens with one attached hydrogen (secondary N) is 1. The number of aldehydes is 1. The molecule has 6 heteroatoms. The van der Waals surface area contributed by atoms with Gasteiger partial charge in [0.05, 0.1) is 5.69 Å². The number of aromatic nitrogens is 2. The smallest absolute Gasteiger partial charge is 0.270 e. The third-order valence-electron chi connectivity index (χ3n) is 3.52. The number of amides is 1. The molecule has 0 atom stereocenters. The highest BCUT2D eigenvalue weighted by atomic mass is 19.1. The monoisotopic (exact) mass is 335 g/mol. The standard InChI is InChI=1S/C19H14FN3O2/c20-15-4-1-3-14(9-15)17-8-7-13(10-21-17)11-22-19(25)18-6-2-5-16(12-24)23-18/h1-10,12H,11H2,(H,22,25). The molecule has 0 bridgehead atoms. The number of carbonyl (C=O) groups is 2. The van der Waals surface area contributed by atoms with Gasteiger partial charge in [0.2, 0.25) is 0 Å². The molecule has 0 saturated carbocycles. The van der Waals surface area contributed by atoms with Crippen LogP contribution < -0.4 is 5.32 Å². The summed E-state index contributed by atoms with van der Waals surface area (Å²) in [7, 11) is 0. The summed E-state index contributed by atoms with van der Waals surface area (Å²) in [5.74, 6) is -0.696. The van der Waals surface area contributed by atoms with Crippen LogP contribution in [0.3, 0.4) is 0 Å². The summed E-state index contributed by atoms with van der Waals surface area (Å²) in [4.78, 5) is 31.0. The molecule has 3 rings (SSSR count). The van der Waals surface area contributed by atoms with Crippen LogP contribution in [0.25, 0.3) is 11.3 Å². The van der Waals surface area contributed by atoms with Gasteiger partial charge in [0.25, 0.3) is 5.91 Å². The molecule has 0 unspecified atom stereocenters. The summed E-state index contributed by atoms with van der Waals surface area (Å²) in [5, 5.41) is 2.72. The van der Waals surface area contributed by atoms with Crippen molar-refractivity contribution in [2.45, 2.75) is 6.54 Å². The van der Waals surface area contributed by atoms with Gasteiger partial charge in [0.15, 0.2) is 6.29 Å². The minimum Gasteiger partial charge on any atom is -0.347 e. The van der Waals surface area contributed by atoms with E-state index >= 15 is 0 Å². The van der Waals surface area contributed by atoms with Crippen molar-refractivity contribution >= 4 is 12.2 Å². The minimum atomic E-state index is -0.377. The fourth-order valence-electron chi connectivity index (χ4n) is 2.26. The zero-order valence-electron chi connectivity index (χ0n) is 13.1. The van der Waals surface area contributed by atoms with E-state index in [0.717, 1.165) is 5.56 Å². The van der Waals surface area contributed by atoms with Crippen molar-refractivity contribution in [3.63, 3.8) is 0 Å². The molecular formula is C19H14FN3O2. The molecule has 0 saturated heterocycles. The number of hydrogen-bond acceptors (Lipinski definition) is 4. The van der Waals surface area contributed by atoms with Gasteiger partial charge in [-0.2, -0.15) is 0 Å². The van der Waals surface area contributed by atoms with Gasteiger partial charge in [-0.1, -0.05) is 24.3 Å². The maximum atomic E-state index is 13.3. The second-order valence-corrected chi connectivity index (χ2v) is 5.31. The molecule has 2 heterocycles. The quantitative estimate of drug-likeness (QED) is 0.728. The van der Waals surface area contributed by atoms with E-state index in [1.54, 1.807) is 30.5 Å². The van der Waals surface area contributed by atoms with Gasteiger partial charge >= 0.3 is 0 Å². The van der Waals surface area contributed by atoms with Crippen molar-refractivity contribution < 1.29 is 14.0 Å². The summed E-state index contributed by atoms with van der Waals surface area (Å²) in [6.45, 7) is 0.266. The predicted octanol–water partition coefficient (Wildman–Crippen LogP) is 3.03. The molecule has 3 aromatic rings. The number of carbonyl (C=O) groups excluding carboxylic acids is 2. The number of nitrogens with zero attached hydrogens (tertiary/aromatic N) is 2. The Hall–Kier alpha value is -3.41.